The number of hydrogen-bond donors (Lipinski definition) is 2. The Morgan fingerprint density at radius 1 is 1.07 bits per heavy atom. The van der Waals surface area contributed by atoms with Crippen LogP contribution in [0.4, 0.5) is 0 Å². The zero-order valence-electron chi connectivity index (χ0n) is 15.0. The zero-order chi connectivity index (χ0) is 19.5. The van der Waals surface area contributed by atoms with Gasteiger partial charge in [-0.15, -0.1) is 0 Å². The van der Waals surface area contributed by atoms with Crippen molar-refractivity contribution in [2.45, 2.75) is 24.9 Å². The van der Waals surface area contributed by atoms with Crippen molar-refractivity contribution in [3.05, 3.63) is 70.6 Å². The molecule has 0 heterocycles. The van der Waals surface area contributed by atoms with Crippen LogP contribution in [0.1, 0.15) is 5.56 Å². The molecule has 144 valence electrons. The van der Waals surface area contributed by atoms with Gasteiger partial charge in [-0.1, -0.05) is 35.4 Å². The highest BCUT2D eigenvalue weighted by Gasteiger charge is 2.29. The average Bonchev–Trinajstić information content (AvgIpc) is 2.72. The number of methoxy groups -OCH3 is 1. The van der Waals surface area contributed by atoms with Gasteiger partial charge in [-0.05, 0) is 35.4 Å². The molecule has 27 heavy (non-hydrogen) atoms. The van der Waals surface area contributed by atoms with Crippen molar-refractivity contribution in [1.82, 2.24) is 0 Å². The molecule has 0 aliphatic heterocycles. The van der Waals surface area contributed by atoms with Crippen LogP contribution in [-0.4, -0.2) is 48.8 Å². The van der Waals surface area contributed by atoms with E-state index in [1.165, 1.54) is 0 Å². The highest BCUT2D eigenvalue weighted by Crippen LogP contribution is 2.19. The number of nitrogens with zero attached hydrogens (tertiary/aromatic N) is 3. The lowest BCUT2D eigenvalue weighted by atomic mass is 10.1. The van der Waals surface area contributed by atoms with Crippen LogP contribution in [0.3, 0.4) is 0 Å². The van der Waals surface area contributed by atoms with Crippen molar-refractivity contribution in [2.75, 3.05) is 20.3 Å². The fraction of sp³-hybridized carbons (Fsp3) is 0.368. The number of benzene rings is 2. The average molecular weight is 373 g/mol. The Hall–Kier alpha value is -2.77. The molecule has 8 nitrogen and oxygen atoms in total. The van der Waals surface area contributed by atoms with Crippen LogP contribution in [0.25, 0.3) is 10.4 Å². The molecule has 0 bridgehead atoms. The molecule has 0 amide bonds. The molecule has 2 N–H and O–H groups in total. The third-order valence-electron chi connectivity index (χ3n) is 3.91. The summed E-state index contributed by atoms with van der Waals surface area (Å²) < 4.78 is 16.5. The van der Waals surface area contributed by atoms with Crippen LogP contribution in [0.15, 0.2) is 59.7 Å². The first-order valence-electron chi connectivity index (χ1n) is 8.43. The predicted octanol–water partition coefficient (Wildman–Crippen LogP) is 2.69. The van der Waals surface area contributed by atoms with Crippen LogP contribution < -0.4 is 9.47 Å². The van der Waals surface area contributed by atoms with Crippen molar-refractivity contribution >= 4 is 0 Å². The summed E-state index contributed by atoms with van der Waals surface area (Å²) in [6.45, 7) is -0.352. The van der Waals surface area contributed by atoms with Crippen molar-refractivity contribution < 1.29 is 24.4 Å². The molecule has 0 aliphatic carbocycles. The summed E-state index contributed by atoms with van der Waals surface area (Å²) in [6, 6.07) is 15.5. The summed E-state index contributed by atoms with van der Waals surface area (Å²) in [4.78, 5) is 2.82. The number of rotatable bonds is 11. The Kier molecular flexibility index (Phi) is 8.41. The lowest BCUT2D eigenvalue weighted by Crippen LogP contribution is -2.43. The van der Waals surface area contributed by atoms with Crippen LogP contribution >= 0.6 is 0 Å². The summed E-state index contributed by atoms with van der Waals surface area (Å²) in [5, 5.41) is 23.2. The maximum atomic E-state index is 10.1. The van der Waals surface area contributed by atoms with E-state index in [0.717, 1.165) is 5.56 Å². The molecular weight excluding hydrogens is 350 g/mol. The van der Waals surface area contributed by atoms with E-state index < -0.39 is 24.9 Å². The summed E-state index contributed by atoms with van der Waals surface area (Å²) in [7, 11) is 1.57. The molecule has 8 heteroatoms. The highest BCUT2D eigenvalue weighted by molar-refractivity contribution is 5.31. The smallest absolute Gasteiger partial charge is 0.119 e. The molecule has 3 atom stereocenters. The Bertz CT molecular complexity index is 720. The lowest BCUT2D eigenvalue weighted by Gasteiger charge is -2.27. The predicted molar refractivity (Wildman–Crippen MR) is 99.5 cm³/mol. The number of aliphatic hydroxyl groups excluding tert-OH is 2. The standard InChI is InChI=1S/C19H23N3O5/c1-25-15-7-9-16(10-8-15)26-13-17(21-22-20)19(18(24)11-23)27-12-14-5-3-2-4-6-14/h2-10,17-19,23-24H,11-13H2,1H3/t17-,18+,19-/m0/s1. The number of hydrogen-bond acceptors (Lipinski definition) is 6. The molecule has 0 aliphatic rings. The van der Waals surface area contributed by atoms with Gasteiger partial charge >= 0.3 is 0 Å². The van der Waals surface area contributed by atoms with Gasteiger partial charge in [0, 0.05) is 4.91 Å². The van der Waals surface area contributed by atoms with E-state index in [4.69, 9.17) is 19.7 Å². The van der Waals surface area contributed by atoms with Crippen molar-refractivity contribution in [3.63, 3.8) is 0 Å². The van der Waals surface area contributed by atoms with Crippen molar-refractivity contribution in [1.29, 1.82) is 0 Å². The molecule has 0 fully saturated rings. The van der Waals surface area contributed by atoms with E-state index >= 15 is 0 Å². The first kappa shape index (κ1) is 20.5. The maximum absolute atomic E-state index is 10.1. The van der Waals surface area contributed by atoms with Crippen LogP contribution in [-0.2, 0) is 11.3 Å². The fourth-order valence-electron chi connectivity index (χ4n) is 2.46. The molecule has 2 aromatic rings. The summed E-state index contributed by atoms with van der Waals surface area (Å²) in [5.74, 6) is 1.24. The van der Waals surface area contributed by atoms with Gasteiger partial charge in [-0.2, -0.15) is 0 Å². The second-order valence-electron chi connectivity index (χ2n) is 5.77. The maximum Gasteiger partial charge on any atom is 0.119 e. The molecule has 0 saturated carbocycles. The Morgan fingerprint density at radius 2 is 1.74 bits per heavy atom. The van der Waals surface area contributed by atoms with Crippen LogP contribution in [0, 0.1) is 0 Å². The van der Waals surface area contributed by atoms with Gasteiger partial charge < -0.3 is 24.4 Å². The largest absolute Gasteiger partial charge is 0.497 e. The Labute approximate surface area is 157 Å². The molecule has 0 unspecified atom stereocenters. The molecule has 0 aromatic heterocycles. The lowest BCUT2D eigenvalue weighted by molar-refractivity contribution is -0.0806. The normalized spacial score (nSPS) is 13.9. The molecular formula is C19H23N3O5. The van der Waals surface area contributed by atoms with E-state index in [-0.39, 0.29) is 13.2 Å². The summed E-state index contributed by atoms with van der Waals surface area (Å²) >= 11 is 0. The third kappa shape index (κ3) is 6.47. The summed E-state index contributed by atoms with van der Waals surface area (Å²) in [5.41, 5.74) is 9.77. The number of azide groups is 1. The van der Waals surface area contributed by atoms with Gasteiger partial charge in [0.05, 0.1) is 33.0 Å². The number of ether oxygens (including phenoxy) is 3. The van der Waals surface area contributed by atoms with E-state index in [0.29, 0.717) is 11.5 Å². The zero-order valence-corrected chi connectivity index (χ0v) is 15.0. The van der Waals surface area contributed by atoms with Gasteiger partial charge in [0.15, 0.2) is 0 Å². The van der Waals surface area contributed by atoms with Crippen molar-refractivity contribution in [2.24, 2.45) is 5.11 Å². The molecule has 2 rings (SSSR count). The minimum Gasteiger partial charge on any atom is -0.497 e. The van der Waals surface area contributed by atoms with Gasteiger partial charge in [0.25, 0.3) is 0 Å². The Balaban J connectivity index is 2.05. The van der Waals surface area contributed by atoms with Gasteiger partial charge in [-0.25, -0.2) is 0 Å². The first-order chi connectivity index (χ1) is 13.2. The monoisotopic (exact) mass is 373 g/mol. The van der Waals surface area contributed by atoms with Gasteiger partial charge in [-0.3, -0.25) is 0 Å². The minimum absolute atomic E-state index is 0.0209. The summed E-state index contributed by atoms with van der Waals surface area (Å²) in [6.07, 6.45) is -2.15. The highest BCUT2D eigenvalue weighted by atomic mass is 16.5. The molecule has 0 radical (unpaired) electrons. The molecule has 0 saturated heterocycles. The second kappa shape index (κ2) is 11.1. The fourth-order valence-corrected chi connectivity index (χ4v) is 2.46. The van der Waals surface area contributed by atoms with Crippen molar-refractivity contribution in [3.8, 4) is 11.5 Å². The van der Waals surface area contributed by atoms with E-state index in [1.54, 1.807) is 31.4 Å². The number of aliphatic hydroxyl groups is 2. The second-order valence-corrected chi connectivity index (χ2v) is 5.77. The van der Waals surface area contributed by atoms with Crippen LogP contribution in [0.5, 0.6) is 11.5 Å². The minimum atomic E-state index is -1.22. The SMILES string of the molecule is COc1ccc(OC[C@H](N=[N+]=[N-])[C@H](OCc2ccccc2)[C@H](O)CO)cc1. The van der Waals surface area contributed by atoms with E-state index in [1.807, 2.05) is 30.3 Å². The quantitative estimate of drug-likeness (QED) is 0.357. The Morgan fingerprint density at radius 3 is 2.33 bits per heavy atom. The first-order valence-corrected chi connectivity index (χ1v) is 8.43. The van der Waals surface area contributed by atoms with Crippen LogP contribution in [0.2, 0.25) is 0 Å². The molecule has 0 spiro atoms. The van der Waals surface area contributed by atoms with E-state index in [2.05, 4.69) is 10.0 Å². The van der Waals surface area contributed by atoms with Gasteiger partial charge in [0.1, 0.15) is 23.6 Å². The van der Waals surface area contributed by atoms with Gasteiger partial charge in [0.2, 0.25) is 0 Å². The topological polar surface area (TPSA) is 117 Å². The molecule has 2 aromatic carbocycles. The third-order valence-corrected chi connectivity index (χ3v) is 3.91. The van der Waals surface area contributed by atoms with E-state index in [9.17, 15) is 10.2 Å².